The van der Waals surface area contributed by atoms with Crippen LogP contribution in [0.2, 0.25) is 0 Å². The number of para-hydroxylation sites is 2. The number of thiophene rings is 1. The summed E-state index contributed by atoms with van der Waals surface area (Å²) in [5.74, 6) is 0. The highest BCUT2D eigenvalue weighted by Gasteiger charge is 2.21. The van der Waals surface area contributed by atoms with Gasteiger partial charge in [-0.3, -0.25) is 0 Å². The van der Waals surface area contributed by atoms with Gasteiger partial charge in [-0.15, -0.1) is 11.3 Å². The van der Waals surface area contributed by atoms with E-state index >= 15 is 0 Å². The highest BCUT2D eigenvalue weighted by atomic mass is 32.1. The summed E-state index contributed by atoms with van der Waals surface area (Å²) in [4.78, 5) is 2.43. The van der Waals surface area contributed by atoms with E-state index in [-0.39, 0.29) is 0 Å². The summed E-state index contributed by atoms with van der Waals surface area (Å²) in [6, 6.07) is 76.9. The second-order valence-electron chi connectivity index (χ2n) is 15.2. The fourth-order valence-electron chi connectivity index (χ4n) is 9.04. The van der Waals surface area contributed by atoms with Crippen LogP contribution >= 0.6 is 11.3 Å². The smallest absolute Gasteiger partial charge is 0.143 e. The molecule has 10 aromatic carbocycles. The van der Waals surface area contributed by atoms with Crippen molar-refractivity contribution >= 4 is 92.1 Å². The largest absolute Gasteiger partial charge is 0.455 e. The lowest BCUT2D eigenvalue weighted by atomic mass is 9.97. The lowest BCUT2D eigenvalue weighted by molar-refractivity contribution is 0.670. The molecule has 3 heteroatoms. The van der Waals surface area contributed by atoms with E-state index in [9.17, 15) is 0 Å². The quantitative estimate of drug-likeness (QED) is 0.157. The maximum atomic E-state index is 6.54. The van der Waals surface area contributed by atoms with Gasteiger partial charge in [-0.1, -0.05) is 170 Å². The van der Waals surface area contributed by atoms with Crippen molar-refractivity contribution in [1.82, 2.24) is 0 Å². The first-order valence-electron chi connectivity index (χ1n) is 20.1. The number of hydrogen-bond donors (Lipinski definition) is 0. The summed E-state index contributed by atoms with van der Waals surface area (Å²) < 4.78 is 9.09. The zero-order chi connectivity index (χ0) is 38.9. The lowest BCUT2D eigenvalue weighted by Gasteiger charge is -2.27. The van der Waals surface area contributed by atoms with Gasteiger partial charge >= 0.3 is 0 Å². The van der Waals surface area contributed by atoms with Gasteiger partial charge in [0.15, 0.2) is 0 Å². The van der Waals surface area contributed by atoms with Crippen LogP contribution in [0.4, 0.5) is 17.1 Å². The van der Waals surface area contributed by atoms with Crippen LogP contribution in [0, 0.1) is 0 Å². The summed E-state index contributed by atoms with van der Waals surface area (Å²) >= 11 is 1.88. The summed E-state index contributed by atoms with van der Waals surface area (Å²) in [7, 11) is 0. The Hall–Kier alpha value is -7.46. The van der Waals surface area contributed by atoms with Crippen LogP contribution in [0.1, 0.15) is 0 Å². The first-order chi connectivity index (χ1) is 29.2. The standard InChI is InChI=1S/C56H35NOS/c1-2-12-37(13-3-1)47-20-10-22-50-51-23-11-24-52(56(51)59-55(47)50)57(43-16-8-15-40(35-43)46-19-9-21-49-48-18-6-7-25-53(48)58-54(46)49)42-31-28-36(29-32-42)39-30-33-45-41(34-39)27-26-38-14-4-5-17-44(38)45/h1-35H. The number of rotatable bonds is 6. The molecule has 0 saturated heterocycles. The van der Waals surface area contributed by atoms with E-state index in [0.29, 0.717) is 0 Å². The Kier molecular flexibility index (Phi) is 7.75. The van der Waals surface area contributed by atoms with Crippen molar-refractivity contribution in [3.8, 4) is 33.4 Å². The van der Waals surface area contributed by atoms with Crippen LogP contribution < -0.4 is 4.90 Å². The molecule has 0 fully saturated rings. The van der Waals surface area contributed by atoms with Crippen molar-refractivity contribution in [2.24, 2.45) is 0 Å². The molecule has 59 heavy (non-hydrogen) atoms. The summed E-state index contributed by atoms with van der Waals surface area (Å²) in [6.45, 7) is 0. The Labute approximate surface area is 345 Å². The van der Waals surface area contributed by atoms with E-state index in [1.54, 1.807) is 0 Å². The fourth-order valence-corrected chi connectivity index (χ4v) is 10.4. The van der Waals surface area contributed by atoms with E-state index in [1.807, 2.05) is 17.4 Å². The van der Waals surface area contributed by atoms with Gasteiger partial charge in [0, 0.05) is 43.2 Å². The Morgan fingerprint density at radius 3 is 1.86 bits per heavy atom. The summed E-state index contributed by atoms with van der Waals surface area (Å²) in [5, 5.41) is 9.87. The molecule has 0 saturated carbocycles. The predicted octanol–water partition coefficient (Wildman–Crippen LogP) is 16.7. The number of anilines is 3. The molecule has 276 valence electrons. The predicted molar refractivity (Wildman–Crippen MR) is 253 cm³/mol. The molecule has 0 amide bonds. The Bertz CT molecular complexity index is 3560. The number of fused-ring (bicyclic) bond motifs is 9. The zero-order valence-electron chi connectivity index (χ0n) is 32.0. The third-order valence-corrected chi connectivity index (χ3v) is 13.1. The zero-order valence-corrected chi connectivity index (χ0v) is 32.8. The second kappa shape index (κ2) is 13.6. The summed E-state index contributed by atoms with van der Waals surface area (Å²) in [6.07, 6.45) is 0. The van der Waals surface area contributed by atoms with Gasteiger partial charge in [-0.25, -0.2) is 0 Å². The third kappa shape index (κ3) is 5.55. The van der Waals surface area contributed by atoms with Crippen LogP contribution in [0.5, 0.6) is 0 Å². The molecule has 0 unspecified atom stereocenters. The lowest BCUT2D eigenvalue weighted by Crippen LogP contribution is -2.10. The van der Waals surface area contributed by atoms with Crippen molar-refractivity contribution in [2.45, 2.75) is 0 Å². The molecule has 0 aliphatic rings. The van der Waals surface area contributed by atoms with Gasteiger partial charge in [-0.05, 0) is 91.8 Å². The van der Waals surface area contributed by atoms with Gasteiger partial charge in [0.1, 0.15) is 11.2 Å². The number of nitrogens with zero attached hydrogens (tertiary/aromatic N) is 1. The SMILES string of the molecule is c1ccc(-c2cccc3c2sc2c(N(c4ccc(-c5ccc6c(ccc7ccccc76)c5)cc4)c4cccc(-c5cccc6c5oc5ccccc56)c4)cccc23)cc1. The molecule has 0 N–H and O–H groups in total. The maximum absolute atomic E-state index is 6.54. The van der Waals surface area contributed by atoms with Crippen molar-refractivity contribution in [1.29, 1.82) is 0 Å². The van der Waals surface area contributed by atoms with Crippen LogP contribution in [0.3, 0.4) is 0 Å². The van der Waals surface area contributed by atoms with Gasteiger partial charge in [0.25, 0.3) is 0 Å². The molecule has 0 radical (unpaired) electrons. The average molecular weight is 770 g/mol. The van der Waals surface area contributed by atoms with Gasteiger partial charge in [0.2, 0.25) is 0 Å². The number of furan rings is 1. The molecule has 0 bridgehead atoms. The van der Waals surface area contributed by atoms with E-state index in [4.69, 9.17) is 4.42 Å². The molecule has 2 nitrogen and oxygen atoms in total. The Balaban J connectivity index is 1.03. The molecule has 0 spiro atoms. The third-order valence-electron chi connectivity index (χ3n) is 11.9. The van der Waals surface area contributed by atoms with Gasteiger partial charge in [0.05, 0.1) is 10.4 Å². The highest BCUT2D eigenvalue weighted by Crippen LogP contribution is 2.48. The Morgan fingerprint density at radius 1 is 0.339 bits per heavy atom. The number of benzene rings is 10. The normalized spacial score (nSPS) is 11.7. The van der Waals surface area contributed by atoms with Crippen molar-refractivity contribution < 1.29 is 4.42 Å². The molecule has 2 aromatic heterocycles. The average Bonchev–Trinajstić information content (AvgIpc) is 3.89. The van der Waals surface area contributed by atoms with Crippen LogP contribution in [0.25, 0.3) is 97.0 Å². The molecule has 0 atom stereocenters. The van der Waals surface area contributed by atoms with E-state index in [0.717, 1.165) is 50.1 Å². The minimum absolute atomic E-state index is 0.902. The van der Waals surface area contributed by atoms with E-state index in [2.05, 4.69) is 211 Å². The fraction of sp³-hybridized carbons (Fsp3) is 0. The monoisotopic (exact) mass is 769 g/mol. The van der Waals surface area contributed by atoms with E-state index < -0.39 is 0 Å². The summed E-state index contributed by atoms with van der Waals surface area (Å²) in [5.41, 5.74) is 12.2. The topological polar surface area (TPSA) is 16.4 Å². The highest BCUT2D eigenvalue weighted by molar-refractivity contribution is 7.27. The molecule has 12 rings (SSSR count). The van der Waals surface area contributed by atoms with Crippen molar-refractivity contribution in [2.75, 3.05) is 4.90 Å². The minimum Gasteiger partial charge on any atom is -0.455 e. The molecule has 2 heterocycles. The molecular formula is C56H35NOS. The second-order valence-corrected chi connectivity index (χ2v) is 16.3. The minimum atomic E-state index is 0.902. The molecule has 0 aliphatic heterocycles. The van der Waals surface area contributed by atoms with E-state index in [1.165, 1.54) is 64.0 Å². The molecule has 12 aromatic rings. The molecular weight excluding hydrogens is 735 g/mol. The maximum Gasteiger partial charge on any atom is 0.143 e. The van der Waals surface area contributed by atoms with Gasteiger partial charge < -0.3 is 9.32 Å². The van der Waals surface area contributed by atoms with Crippen LogP contribution in [-0.2, 0) is 0 Å². The van der Waals surface area contributed by atoms with Crippen LogP contribution in [0.15, 0.2) is 217 Å². The Morgan fingerprint density at radius 2 is 0.983 bits per heavy atom. The first kappa shape index (κ1) is 33.7. The molecule has 0 aliphatic carbocycles. The van der Waals surface area contributed by atoms with Crippen molar-refractivity contribution in [3.63, 3.8) is 0 Å². The number of hydrogen-bond acceptors (Lipinski definition) is 3. The van der Waals surface area contributed by atoms with Crippen LogP contribution in [-0.4, -0.2) is 0 Å². The van der Waals surface area contributed by atoms with Gasteiger partial charge in [-0.2, -0.15) is 0 Å². The first-order valence-corrected chi connectivity index (χ1v) is 20.9. The van der Waals surface area contributed by atoms with Crippen molar-refractivity contribution in [3.05, 3.63) is 212 Å².